The molecule has 0 radical (unpaired) electrons. The summed E-state index contributed by atoms with van der Waals surface area (Å²) < 4.78 is 13.1. The van der Waals surface area contributed by atoms with Crippen LogP contribution in [0.5, 0.6) is 0 Å². The summed E-state index contributed by atoms with van der Waals surface area (Å²) in [7, 11) is 0. The van der Waals surface area contributed by atoms with Gasteiger partial charge in [0.1, 0.15) is 5.82 Å². The highest BCUT2D eigenvalue weighted by Crippen LogP contribution is 2.15. The number of nitrogens with one attached hydrogen (secondary N) is 2. The Labute approximate surface area is 96.2 Å². The summed E-state index contributed by atoms with van der Waals surface area (Å²) in [6, 6.07) is 7.54. The lowest BCUT2D eigenvalue weighted by atomic mass is 10.0. The van der Waals surface area contributed by atoms with Crippen LogP contribution in [-0.4, -0.2) is 19.1 Å². The van der Waals surface area contributed by atoms with Gasteiger partial charge in [0.15, 0.2) is 0 Å². The molecule has 2 unspecified atom stereocenters. The second kappa shape index (κ2) is 5.41. The monoisotopic (exact) mass is 222 g/mol. The molecule has 1 fully saturated rings. The molecule has 2 N–H and O–H groups in total. The van der Waals surface area contributed by atoms with Crippen molar-refractivity contribution in [1.29, 1.82) is 0 Å². The number of hydrogen-bond acceptors (Lipinski definition) is 2. The molecule has 1 saturated heterocycles. The fourth-order valence-electron chi connectivity index (χ4n) is 2.22. The minimum absolute atomic E-state index is 0.159. The van der Waals surface area contributed by atoms with E-state index in [1.807, 2.05) is 6.07 Å². The van der Waals surface area contributed by atoms with Gasteiger partial charge in [-0.15, -0.1) is 0 Å². The van der Waals surface area contributed by atoms with E-state index < -0.39 is 0 Å². The number of benzene rings is 1. The van der Waals surface area contributed by atoms with Crippen molar-refractivity contribution in [3.63, 3.8) is 0 Å². The fourth-order valence-corrected chi connectivity index (χ4v) is 2.22. The van der Waals surface area contributed by atoms with E-state index >= 15 is 0 Å². The van der Waals surface area contributed by atoms with Crippen molar-refractivity contribution in [2.24, 2.45) is 0 Å². The van der Waals surface area contributed by atoms with Gasteiger partial charge in [-0.3, -0.25) is 0 Å². The maximum atomic E-state index is 13.1. The molecular formula is C13H19FN2. The van der Waals surface area contributed by atoms with E-state index in [-0.39, 0.29) is 11.9 Å². The van der Waals surface area contributed by atoms with Gasteiger partial charge < -0.3 is 10.6 Å². The van der Waals surface area contributed by atoms with E-state index in [9.17, 15) is 4.39 Å². The first kappa shape index (κ1) is 11.6. The molecule has 1 heterocycles. The average Bonchev–Trinajstić information content (AvgIpc) is 2.30. The smallest absolute Gasteiger partial charge is 0.123 e. The largest absolute Gasteiger partial charge is 0.315 e. The second-order valence-electron chi connectivity index (χ2n) is 4.49. The molecular weight excluding hydrogens is 203 g/mol. The van der Waals surface area contributed by atoms with E-state index in [1.165, 1.54) is 18.9 Å². The predicted molar refractivity (Wildman–Crippen MR) is 63.8 cm³/mol. The van der Waals surface area contributed by atoms with Crippen molar-refractivity contribution in [2.45, 2.75) is 31.8 Å². The van der Waals surface area contributed by atoms with Crippen LogP contribution in [0.1, 0.15) is 31.4 Å². The molecule has 88 valence electrons. The van der Waals surface area contributed by atoms with Crippen LogP contribution in [0.4, 0.5) is 4.39 Å². The first-order chi connectivity index (χ1) is 7.75. The summed E-state index contributed by atoms with van der Waals surface area (Å²) in [5.74, 6) is -0.159. The molecule has 1 aliphatic heterocycles. The van der Waals surface area contributed by atoms with Crippen LogP contribution in [-0.2, 0) is 0 Å². The Morgan fingerprint density at radius 1 is 1.50 bits per heavy atom. The Bertz CT molecular complexity index is 334. The molecule has 0 aromatic heterocycles. The van der Waals surface area contributed by atoms with Gasteiger partial charge in [0.05, 0.1) is 0 Å². The second-order valence-corrected chi connectivity index (χ2v) is 4.49. The summed E-state index contributed by atoms with van der Waals surface area (Å²) in [6.45, 7) is 4.22. The van der Waals surface area contributed by atoms with Crippen molar-refractivity contribution in [1.82, 2.24) is 10.6 Å². The highest BCUT2D eigenvalue weighted by molar-refractivity contribution is 5.19. The van der Waals surface area contributed by atoms with Crippen LogP contribution in [0.3, 0.4) is 0 Å². The van der Waals surface area contributed by atoms with E-state index in [1.54, 1.807) is 12.1 Å². The van der Waals surface area contributed by atoms with Gasteiger partial charge in [-0.25, -0.2) is 4.39 Å². The van der Waals surface area contributed by atoms with Crippen molar-refractivity contribution < 1.29 is 4.39 Å². The summed E-state index contributed by atoms with van der Waals surface area (Å²) in [6.07, 6.45) is 2.42. The van der Waals surface area contributed by atoms with Crippen LogP contribution >= 0.6 is 0 Å². The Morgan fingerprint density at radius 3 is 3.06 bits per heavy atom. The van der Waals surface area contributed by atoms with Crippen LogP contribution < -0.4 is 10.6 Å². The Hall–Kier alpha value is -0.930. The Kier molecular flexibility index (Phi) is 3.91. The van der Waals surface area contributed by atoms with Crippen molar-refractivity contribution in [3.8, 4) is 0 Å². The van der Waals surface area contributed by atoms with Crippen LogP contribution in [0.15, 0.2) is 24.3 Å². The standard InChI is InChI=1S/C13H19FN2/c1-10(11-4-2-5-12(14)8-11)16-13-6-3-7-15-9-13/h2,4-5,8,10,13,15-16H,3,6-7,9H2,1H3. The summed E-state index contributed by atoms with van der Waals surface area (Å²) in [5.41, 5.74) is 1.02. The zero-order valence-corrected chi connectivity index (χ0v) is 9.67. The molecule has 3 heteroatoms. The lowest BCUT2D eigenvalue weighted by Gasteiger charge is -2.27. The molecule has 0 saturated carbocycles. The third-order valence-electron chi connectivity index (χ3n) is 3.13. The van der Waals surface area contributed by atoms with E-state index in [2.05, 4.69) is 17.6 Å². The highest BCUT2D eigenvalue weighted by Gasteiger charge is 2.15. The summed E-state index contributed by atoms with van der Waals surface area (Å²) in [4.78, 5) is 0. The molecule has 0 bridgehead atoms. The average molecular weight is 222 g/mol. The number of halogens is 1. The normalized spacial score (nSPS) is 23.0. The van der Waals surface area contributed by atoms with E-state index in [4.69, 9.17) is 0 Å². The Morgan fingerprint density at radius 2 is 2.38 bits per heavy atom. The van der Waals surface area contributed by atoms with Crippen LogP contribution in [0, 0.1) is 5.82 Å². The van der Waals surface area contributed by atoms with Gasteiger partial charge in [0.2, 0.25) is 0 Å². The first-order valence-corrected chi connectivity index (χ1v) is 5.98. The van der Waals surface area contributed by atoms with Crippen molar-refractivity contribution in [3.05, 3.63) is 35.6 Å². The number of hydrogen-bond donors (Lipinski definition) is 2. The quantitative estimate of drug-likeness (QED) is 0.819. The molecule has 0 aliphatic carbocycles. The molecule has 2 atom stereocenters. The van der Waals surface area contributed by atoms with E-state index in [0.717, 1.165) is 18.7 Å². The SMILES string of the molecule is CC(NC1CCCNC1)c1cccc(F)c1. The fraction of sp³-hybridized carbons (Fsp3) is 0.538. The molecule has 1 aliphatic rings. The molecule has 2 rings (SSSR count). The van der Waals surface area contributed by atoms with Gasteiger partial charge in [-0.2, -0.15) is 0 Å². The molecule has 16 heavy (non-hydrogen) atoms. The molecule has 2 nitrogen and oxygen atoms in total. The number of rotatable bonds is 3. The minimum Gasteiger partial charge on any atom is -0.315 e. The molecule has 0 amide bonds. The first-order valence-electron chi connectivity index (χ1n) is 5.98. The zero-order chi connectivity index (χ0) is 11.4. The summed E-state index contributed by atoms with van der Waals surface area (Å²) in [5, 5.41) is 6.90. The third-order valence-corrected chi connectivity index (χ3v) is 3.13. The van der Waals surface area contributed by atoms with Gasteiger partial charge >= 0.3 is 0 Å². The van der Waals surface area contributed by atoms with Gasteiger partial charge in [-0.1, -0.05) is 12.1 Å². The maximum absolute atomic E-state index is 13.1. The lowest BCUT2D eigenvalue weighted by molar-refractivity contribution is 0.361. The predicted octanol–water partition coefficient (Wildman–Crippen LogP) is 2.23. The highest BCUT2D eigenvalue weighted by atomic mass is 19.1. The van der Waals surface area contributed by atoms with Crippen molar-refractivity contribution >= 4 is 0 Å². The topological polar surface area (TPSA) is 24.1 Å². The molecule has 1 aromatic rings. The van der Waals surface area contributed by atoms with Gasteiger partial charge in [-0.05, 0) is 44.0 Å². The summed E-state index contributed by atoms with van der Waals surface area (Å²) >= 11 is 0. The number of piperidine rings is 1. The van der Waals surface area contributed by atoms with Gasteiger partial charge in [0.25, 0.3) is 0 Å². The van der Waals surface area contributed by atoms with Crippen LogP contribution in [0.2, 0.25) is 0 Å². The van der Waals surface area contributed by atoms with Gasteiger partial charge in [0, 0.05) is 18.6 Å². The van der Waals surface area contributed by atoms with E-state index in [0.29, 0.717) is 6.04 Å². The minimum atomic E-state index is -0.159. The van der Waals surface area contributed by atoms with Crippen molar-refractivity contribution in [2.75, 3.05) is 13.1 Å². The Balaban J connectivity index is 1.94. The zero-order valence-electron chi connectivity index (χ0n) is 9.67. The molecule has 1 aromatic carbocycles. The lowest BCUT2D eigenvalue weighted by Crippen LogP contribution is -2.43. The molecule has 0 spiro atoms. The maximum Gasteiger partial charge on any atom is 0.123 e. The third kappa shape index (κ3) is 3.03. The van der Waals surface area contributed by atoms with Crippen LogP contribution in [0.25, 0.3) is 0 Å².